The van der Waals surface area contributed by atoms with Gasteiger partial charge in [-0.25, -0.2) is 4.98 Å². The number of aliphatic hydroxyl groups excluding tert-OH is 1. The monoisotopic (exact) mass is 313 g/mol. The lowest BCUT2D eigenvalue weighted by atomic mass is 10.2. The van der Waals surface area contributed by atoms with E-state index in [0.717, 1.165) is 24.5 Å². The van der Waals surface area contributed by atoms with Crippen LogP contribution in [-0.2, 0) is 6.42 Å². The smallest absolute Gasteiger partial charge is 0.224 e. The van der Waals surface area contributed by atoms with Crippen molar-refractivity contribution in [2.24, 2.45) is 0 Å². The molecule has 122 valence electrons. The van der Waals surface area contributed by atoms with E-state index in [1.807, 2.05) is 24.5 Å². The fraction of sp³-hybridized carbons (Fsp3) is 0.471. The second-order valence-electron chi connectivity index (χ2n) is 5.81. The van der Waals surface area contributed by atoms with Crippen molar-refractivity contribution in [1.82, 2.24) is 15.0 Å². The maximum Gasteiger partial charge on any atom is 0.224 e. The Kier molecular flexibility index (Phi) is 5.37. The maximum absolute atomic E-state index is 8.88. The molecule has 6 heteroatoms. The Labute approximate surface area is 136 Å². The number of hydrogen-bond acceptors (Lipinski definition) is 6. The second-order valence-corrected chi connectivity index (χ2v) is 5.81. The molecule has 1 aliphatic carbocycles. The Hall–Kier alpha value is -2.21. The lowest BCUT2D eigenvalue weighted by Crippen LogP contribution is -2.12. The topological polar surface area (TPSA) is 83.0 Å². The van der Waals surface area contributed by atoms with E-state index in [1.54, 1.807) is 0 Å². The standard InChI is InChI=1S/C17H23N5O/c23-11-1-7-20-17-21-15(14-2-3-14)12-16(22-17)19-10-6-13-4-8-18-9-5-13/h4-5,8-9,12,14,23H,1-3,6-7,10-11H2,(H2,19,20,21,22). The van der Waals surface area contributed by atoms with Gasteiger partial charge in [-0.05, 0) is 43.4 Å². The van der Waals surface area contributed by atoms with E-state index >= 15 is 0 Å². The van der Waals surface area contributed by atoms with Crippen LogP contribution in [0.2, 0.25) is 0 Å². The zero-order chi connectivity index (χ0) is 15.9. The van der Waals surface area contributed by atoms with E-state index in [9.17, 15) is 0 Å². The van der Waals surface area contributed by atoms with Gasteiger partial charge in [-0.15, -0.1) is 0 Å². The summed E-state index contributed by atoms with van der Waals surface area (Å²) in [5.41, 5.74) is 2.36. The number of nitrogens with one attached hydrogen (secondary N) is 2. The summed E-state index contributed by atoms with van der Waals surface area (Å²) in [6, 6.07) is 6.11. The number of hydrogen-bond donors (Lipinski definition) is 3. The summed E-state index contributed by atoms with van der Waals surface area (Å²) in [5.74, 6) is 2.09. The van der Waals surface area contributed by atoms with E-state index in [2.05, 4.69) is 31.7 Å². The van der Waals surface area contributed by atoms with Crippen molar-refractivity contribution in [2.75, 3.05) is 30.3 Å². The van der Waals surface area contributed by atoms with E-state index in [4.69, 9.17) is 5.11 Å². The number of aromatic nitrogens is 3. The van der Waals surface area contributed by atoms with Crippen molar-refractivity contribution in [3.63, 3.8) is 0 Å². The van der Waals surface area contributed by atoms with Gasteiger partial charge in [0.1, 0.15) is 5.82 Å². The normalized spacial score (nSPS) is 13.8. The first-order chi connectivity index (χ1) is 11.3. The molecule has 0 bridgehead atoms. The van der Waals surface area contributed by atoms with Crippen LogP contribution in [0.15, 0.2) is 30.6 Å². The zero-order valence-electron chi connectivity index (χ0n) is 13.2. The van der Waals surface area contributed by atoms with Gasteiger partial charge < -0.3 is 15.7 Å². The average molecular weight is 313 g/mol. The molecule has 0 aromatic carbocycles. The molecule has 1 saturated carbocycles. The van der Waals surface area contributed by atoms with Crippen molar-refractivity contribution < 1.29 is 5.11 Å². The first kappa shape index (κ1) is 15.7. The highest BCUT2D eigenvalue weighted by atomic mass is 16.3. The molecule has 0 amide bonds. The third-order valence-electron chi connectivity index (χ3n) is 3.83. The van der Waals surface area contributed by atoms with Crippen molar-refractivity contribution in [3.8, 4) is 0 Å². The van der Waals surface area contributed by atoms with E-state index < -0.39 is 0 Å². The maximum atomic E-state index is 8.88. The van der Waals surface area contributed by atoms with E-state index in [0.29, 0.717) is 24.8 Å². The zero-order valence-corrected chi connectivity index (χ0v) is 13.2. The van der Waals surface area contributed by atoms with Gasteiger partial charge in [0.05, 0.1) is 5.69 Å². The molecule has 2 aromatic heterocycles. The van der Waals surface area contributed by atoms with Crippen LogP contribution >= 0.6 is 0 Å². The number of nitrogens with zero attached hydrogens (tertiary/aromatic N) is 3. The molecule has 1 fully saturated rings. The molecule has 6 nitrogen and oxygen atoms in total. The predicted octanol–water partition coefficient (Wildman–Crippen LogP) is 2.20. The molecule has 2 aromatic rings. The molecule has 0 saturated heterocycles. The summed E-state index contributed by atoms with van der Waals surface area (Å²) in [5, 5.41) is 15.5. The molecule has 23 heavy (non-hydrogen) atoms. The van der Waals surface area contributed by atoms with Crippen molar-refractivity contribution in [1.29, 1.82) is 0 Å². The van der Waals surface area contributed by atoms with Gasteiger partial charge >= 0.3 is 0 Å². The Bertz CT molecular complexity index is 616. The first-order valence-electron chi connectivity index (χ1n) is 8.21. The second kappa shape index (κ2) is 7.87. The lowest BCUT2D eigenvalue weighted by molar-refractivity contribution is 0.292. The molecule has 0 unspecified atom stereocenters. The highest BCUT2D eigenvalue weighted by Crippen LogP contribution is 2.39. The Morgan fingerprint density at radius 3 is 2.65 bits per heavy atom. The molecule has 0 radical (unpaired) electrons. The number of anilines is 2. The number of aliphatic hydroxyl groups is 1. The van der Waals surface area contributed by atoms with Crippen LogP contribution in [-0.4, -0.2) is 39.8 Å². The summed E-state index contributed by atoms with van der Waals surface area (Å²) >= 11 is 0. The Morgan fingerprint density at radius 2 is 1.91 bits per heavy atom. The van der Waals surface area contributed by atoms with Crippen LogP contribution < -0.4 is 10.6 Å². The van der Waals surface area contributed by atoms with Crippen molar-refractivity contribution in [3.05, 3.63) is 41.9 Å². The van der Waals surface area contributed by atoms with Gasteiger partial charge in [0.25, 0.3) is 0 Å². The molecular weight excluding hydrogens is 290 g/mol. The molecule has 0 atom stereocenters. The van der Waals surface area contributed by atoms with Crippen molar-refractivity contribution >= 4 is 11.8 Å². The lowest BCUT2D eigenvalue weighted by Gasteiger charge is -2.11. The van der Waals surface area contributed by atoms with Crippen molar-refractivity contribution in [2.45, 2.75) is 31.6 Å². The summed E-state index contributed by atoms with van der Waals surface area (Å²) in [4.78, 5) is 13.1. The quantitative estimate of drug-likeness (QED) is 0.616. The Morgan fingerprint density at radius 1 is 1.09 bits per heavy atom. The molecule has 0 spiro atoms. The van der Waals surface area contributed by atoms with Crippen LogP contribution in [0.25, 0.3) is 0 Å². The third kappa shape index (κ3) is 4.89. The highest BCUT2D eigenvalue weighted by Gasteiger charge is 2.26. The van der Waals surface area contributed by atoms with Gasteiger partial charge in [0.2, 0.25) is 5.95 Å². The average Bonchev–Trinajstić information content (AvgIpc) is 3.41. The molecule has 3 rings (SSSR count). The third-order valence-corrected chi connectivity index (χ3v) is 3.83. The molecule has 2 heterocycles. The minimum absolute atomic E-state index is 0.173. The Balaban J connectivity index is 1.60. The van der Waals surface area contributed by atoms with Crippen LogP contribution in [0.1, 0.15) is 36.4 Å². The first-order valence-corrected chi connectivity index (χ1v) is 8.21. The summed E-state index contributed by atoms with van der Waals surface area (Å²) in [6.07, 6.45) is 7.68. The van der Waals surface area contributed by atoms with Crippen LogP contribution in [0.5, 0.6) is 0 Å². The molecular formula is C17H23N5O. The molecule has 3 N–H and O–H groups in total. The van der Waals surface area contributed by atoms with E-state index in [-0.39, 0.29) is 6.61 Å². The summed E-state index contributed by atoms with van der Waals surface area (Å²) < 4.78 is 0. The fourth-order valence-corrected chi connectivity index (χ4v) is 2.39. The van der Waals surface area contributed by atoms with Crippen LogP contribution in [0.4, 0.5) is 11.8 Å². The van der Waals surface area contributed by atoms with Gasteiger partial charge in [0.15, 0.2) is 0 Å². The van der Waals surface area contributed by atoms with Gasteiger partial charge in [-0.2, -0.15) is 4.98 Å². The number of pyridine rings is 1. The van der Waals surface area contributed by atoms with Gasteiger partial charge in [-0.3, -0.25) is 4.98 Å². The van der Waals surface area contributed by atoms with E-state index in [1.165, 1.54) is 18.4 Å². The largest absolute Gasteiger partial charge is 0.396 e. The minimum atomic E-state index is 0.173. The number of rotatable bonds is 9. The summed E-state index contributed by atoms with van der Waals surface area (Å²) in [7, 11) is 0. The van der Waals surface area contributed by atoms with Crippen LogP contribution in [0, 0.1) is 0 Å². The van der Waals surface area contributed by atoms with Gasteiger partial charge in [0, 0.05) is 44.1 Å². The van der Waals surface area contributed by atoms with Gasteiger partial charge in [-0.1, -0.05) is 0 Å². The fourth-order valence-electron chi connectivity index (χ4n) is 2.39. The highest BCUT2D eigenvalue weighted by molar-refractivity contribution is 5.44. The SMILES string of the molecule is OCCCNc1nc(NCCc2ccncc2)cc(C2CC2)n1. The molecule has 1 aliphatic rings. The van der Waals surface area contributed by atoms with Crippen LogP contribution in [0.3, 0.4) is 0 Å². The molecule has 0 aliphatic heterocycles. The summed E-state index contributed by atoms with van der Waals surface area (Å²) in [6.45, 7) is 1.68. The minimum Gasteiger partial charge on any atom is -0.396 e. The predicted molar refractivity (Wildman–Crippen MR) is 90.6 cm³/mol.